The predicted octanol–water partition coefficient (Wildman–Crippen LogP) is 1.39. The maximum absolute atomic E-state index is 11.3. The van der Waals surface area contributed by atoms with E-state index in [2.05, 4.69) is 0 Å². The minimum absolute atomic E-state index is 0.0434. The molecule has 0 radical (unpaired) electrons. The van der Waals surface area contributed by atoms with Gasteiger partial charge >= 0.3 is 0 Å². The predicted molar refractivity (Wildman–Crippen MR) is 41.3 cm³/mol. The van der Waals surface area contributed by atoms with Gasteiger partial charge in [0.15, 0.2) is 0 Å². The largest absolute Gasteiger partial charge is 0.379 e. The van der Waals surface area contributed by atoms with Crippen molar-refractivity contribution in [2.75, 3.05) is 13.2 Å². The fourth-order valence-electron chi connectivity index (χ4n) is 2.01. The third-order valence-corrected chi connectivity index (χ3v) is 3.31. The first kappa shape index (κ1) is 7.29. The van der Waals surface area contributed by atoms with Crippen molar-refractivity contribution in [3.05, 3.63) is 0 Å². The Balaban J connectivity index is 2.09. The van der Waals surface area contributed by atoms with Crippen LogP contribution in [0.15, 0.2) is 0 Å². The van der Waals surface area contributed by atoms with Crippen LogP contribution in [0.4, 0.5) is 0 Å². The third-order valence-electron chi connectivity index (χ3n) is 3.31. The summed E-state index contributed by atoms with van der Waals surface area (Å²) in [6.07, 6.45) is 3.78. The highest BCUT2D eigenvalue weighted by molar-refractivity contribution is 5.84. The van der Waals surface area contributed by atoms with Crippen LogP contribution in [0.5, 0.6) is 0 Å². The van der Waals surface area contributed by atoms with Crippen LogP contribution in [0.25, 0.3) is 0 Å². The number of carbonyl (C=O) groups excluding carboxylic acids is 1. The van der Waals surface area contributed by atoms with E-state index < -0.39 is 0 Å². The quantitative estimate of drug-likeness (QED) is 0.600. The Labute approximate surface area is 66.9 Å². The smallest absolute Gasteiger partial charge is 0.140 e. The van der Waals surface area contributed by atoms with Gasteiger partial charge in [-0.1, -0.05) is 6.42 Å². The highest BCUT2D eigenvalue weighted by atomic mass is 16.5. The van der Waals surface area contributed by atoms with Crippen molar-refractivity contribution in [1.29, 1.82) is 0 Å². The van der Waals surface area contributed by atoms with Gasteiger partial charge in [-0.2, -0.15) is 0 Å². The van der Waals surface area contributed by atoms with Crippen LogP contribution in [0, 0.1) is 11.3 Å². The molecular formula is C9H14O2. The van der Waals surface area contributed by atoms with Gasteiger partial charge in [-0.15, -0.1) is 0 Å². The van der Waals surface area contributed by atoms with Crippen molar-refractivity contribution in [3.63, 3.8) is 0 Å². The average Bonchev–Trinajstić information content (AvgIpc) is 1.71. The molecule has 0 spiro atoms. The van der Waals surface area contributed by atoms with Gasteiger partial charge in [0.1, 0.15) is 5.78 Å². The maximum Gasteiger partial charge on any atom is 0.140 e. The van der Waals surface area contributed by atoms with Crippen molar-refractivity contribution < 1.29 is 9.53 Å². The maximum atomic E-state index is 11.3. The molecule has 0 atom stereocenters. The molecule has 1 aliphatic heterocycles. The van der Waals surface area contributed by atoms with Crippen LogP contribution < -0.4 is 0 Å². The molecule has 1 saturated carbocycles. The molecule has 11 heavy (non-hydrogen) atoms. The van der Waals surface area contributed by atoms with E-state index in [9.17, 15) is 4.79 Å². The molecule has 0 amide bonds. The summed E-state index contributed by atoms with van der Waals surface area (Å²) in [5.41, 5.74) is -0.0434. The monoisotopic (exact) mass is 154 g/mol. The Morgan fingerprint density at radius 3 is 2.18 bits per heavy atom. The van der Waals surface area contributed by atoms with E-state index in [1.165, 1.54) is 19.3 Å². The SMILES string of the molecule is CC(=O)C1(C2CCC2)COC1. The molecule has 0 aromatic rings. The van der Waals surface area contributed by atoms with Crippen LogP contribution in [0.2, 0.25) is 0 Å². The number of Topliss-reactive ketones (excluding diaryl/α,β-unsaturated/α-hetero) is 1. The van der Waals surface area contributed by atoms with E-state index in [0.717, 1.165) is 0 Å². The summed E-state index contributed by atoms with van der Waals surface area (Å²) in [5.74, 6) is 0.988. The molecule has 0 bridgehead atoms. The zero-order valence-corrected chi connectivity index (χ0v) is 6.93. The van der Waals surface area contributed by atoms with Gasteiger partial charge in [0.25, 0.3) is 0 Å². The summed E-state index contributed by atoms with van der Waals surface area (Å²) in [7, 11) is 0. The highest BCUT2D eigenvalue weighted by Crippen LogP contribution is 2.47. The topological polar surface area (TPSA) is 26.3 Å². The molecule has 0 aromatic carbocycles. The van der Waals surface area contributed by atoms with Crippen molar-refractivity contribution in [1.82, 2.24) is 0 Å². The minimum atomic E-state index is -0.0434. The summed E-state index contributed by atoms with van der Waals surface area (Å²) in [6, 6.07) is 0. The van der Waals surface area contributed by atoms with Crippen molar-refractivity contribution in [2.45, 2.75) is 26.2 Å². The number of carbonyl (C=O) groups is 1. The second-order valence-corrected chi connectivity index (χ2v) is 3.83. The van der Waals surface area contributed by atoms with Crippen molar-refractivity contribution in [2.24, 2.45) is 11.3 Å². The van der Waals surface area contributed by atoms with E-state index in [-0.39, 0.29) is 5.41 Å². The summed E-state index contributed by atoms with van der Waals surface area (Å²) in [5, 5.41) is 0. The van der Waals surface area contributed by atoms with E-state index >= 15 is 0 Å². The van der Waals surface area contributed by atoms with Gasteiger partial charge in [0, 0.05) is 0 Å². The fourth-order valence-corrected chi connectivity index (χ4v) is 2.01. The number of ether oxygens (including phenoxy) is 1. The lowest BCUT2D eigenvalue weighted by Gasteiger charge is -2.49. The van der Waals surface area contributed by atoms with E-state index in [0.29, 0.717) is 24.9 Å². The first-order valence-corrected chi connectivity index (χ1v) is 4.34. The van der Waals surface area contributed by atoms with E-state index in [1.807, 2.05) is 0 Å². The van der Waals surface area contributed by atoms with Gasteiger partial charge in [-0.05, 0) is 25.7 Å². The molecule has 0 aromatic heterocycles. The van der Waals surface area contributed by atoms with Crippen LogP contribution >= 0.6 is 0 Å². The first-order chi connectivity index (χ1) is 5.26. The van der Waals surface area contributed by atoms with Crippen molar-refractivity contribution in [3.8, 4) is 0 Å². The summed E-state index contributed by atoms with van der Waals surface area (Å²) < 4.78 is 5.14. The van der Waals surface area contributed by atoms with Crippen LogP contribution in [0.1, 0.15) is 26.2 Å². The van der Waals surface area contributed by atoms with Gasteiger partial charge in [0.05, 0.1) is 18.6 Å². The molecule has 2 nitrogen and oxygen atoms in total. The standard InChI is InChI=1S/C9H14O2/c1-7(10)9(5-11-6-9)8-3-2-4-8/h8H,2-6H2,1H3. The van der Waals surface area contributed by atoms with Crippen LogP contribution in [0.3, 0.4) is 0 Å². The molecule has 2 fully saturated rings. The lowest BCUT2D eigenvalue weighted by Crippen LogP contribution is -2.55. The number of ketones is 1. The molecule has 2 heteroatoms. The lowest BCUT2D eigenvalue weighted by molar-refractivity contribution is -0.178. The van der Waals surface area contributed by atoms with Gasteiger partial charge in [0.2, 0.25) is 0 Å². The average molecular weight is 154 g/mol. The Bertz CT molecular complexity index is 178. The minimum Gasteiger partial charge on any atom is -0.379 e. The zero-order chi connectivity index (χ0) is 7.90. The van der Waals surface area contributed by atoms with Gasteiger partial charge < -0.3 is 4.74 Å². The van der Waals surface area contributed by atoms with Gasteiger partial charge in [-0.3, -0.25) is 4.79 Å². The molecule has 1 saturated heterocycles. The van der Waals surface area contributed by atoms with Crippen LogP contribution in [-0.4, -0.2) is 19.0 Å². The number of hydrogen-bond donors (Lipinski definition) is 0. The Morgan fingerprint density at radius 1 is 1.45 bits per heavy atom. The summed E-state index contributed by atoms with van der Waals surface area (Å²) >= 11 is 0. The molecule has 1 heterocycles. The molecule has 1 aliphatic carbocycles. The van der Waals surface area contributed by atoms with Crippen LogP contribution in [-0.2, 0) is 9.53 Å². The molecular weight excluding hydrogens is 140 g/mol. The molecule has 0 N–H and O–H groups in total. The van der Waals surface area contributed by atoms with E-state index in [4.69, 9.17) is 4.74 Å². The fraction of sp³-hybridized carbons (Fsp3) is 0.889. The number of rotatable bonds is 2. The Kier molecular flexibility index (Phi) is 1.53. The highest BCUT2D eigenvalue weighted by Gasteiger charge is 2.51. The molecule has 0 unspecified atom stereocenters. The van der Waals surface area contributed by atoms with E-state index in [1.54, 1.807) is 6.92 Å². The summed E-state index contributed by atoms with van der Waals surface area (Å²) in [4.78, 5) is 11.3. The molecule has 2 rings (SSSR count). The molecule has 62 valence electrons. The lowest BCUT2D eigenvalue weighted by atomic mass is 9.62. The number of hydrogen-bond acceptors (Lipinski definition) is 2. The second-order valence-electron chi connectivity index (χ2n) is 3.83. The normalized spacial score (nSPS) is 28.8. The molecule has 2 aliphatic rings. The van der Waals surface area contributed by atoms with Crippen molar-refractivity contribution >= 4 is 5.78 Å². The first-order valence-electron chi connectivity index (χ1n) is 4.34. The Hall–Kier alpha value is -0.370. The Morgan fingerprint density at radius 2 is 2.09 bits per heavy atom. The summed E-state index contributed by atoms with van der Waals surface area (Å²) in [6.45, 7) is 3.08. The second kappa shape index (κ2) is 2.31. The third kappa shape index (κ3) is 0.853. The van der Waals surface area contributed by atoms with Gasteiger partial charge in [-0.25, -0.2) is 0 Å². The zero-order valence-electron chi connectivity index (χ0n) is 6.93.